The van der Waals surface area contributed by atoms with E-state index in [0.29, 0.717) is 12.5 Å². The van der Waals surface area contributed by atoms with Gasteiger partial charge >= 0.3 is 0 Å². The Balaban J connectivity index is 1.38. The summed E-state index contributed by atoms with van der Waals surface area (Å²) < 4.78 is 5.49. The second kappa shape index (κ2) is 7.42. The number of hydrogen-bond donors (Lipinski definition) is 0. The van der Waals surface area contributed by atoms with Crippen LogP contribution in [-0.4, -0.2) is 60.1 Å². The summed E-state index contributed by atoms with van der Waals surface area (Å²) in [4.78, 5) is 22.0. The maximum Gasteiger partial charge on any atom is 0.230 e. The van der Waals surface area contributed by atoms with Crippen LogP contribution in [0, 0.1) is 11.3 Å². The molecule has 3 aliphatic heterocycles. The average Bonchev–Trinajstić information content (AvgIpc) is 2.93. The fourth-order valence-electron chi connectivity index (χ4n) is 4.81. The zero-order valence-corrected chi connectivity index (χ0v) is 15.0. The molecular formula is C20H29N3O2. The van der Waals surface area contributed by atoms with E-state index >= 15 is 0 Å². The van der Waals surface area contributed by atoms with E-state index in [1.807, 2.05) is 12.3 Å². The first kappa shape index (κ1) is 17.0. The van der Waals surface area contributed by atoms with E-state index in [0.717, 1.165) is 70.1 Å². The average molecular weight is 343 g/mol. The molecule has 1 amide bonds. The number of rotatable bonds is 4. The number of ether oxygens (including phenoxy) is 1. The van der Waals surface area contributed by atoms with Gasteiger partial charge < -0.3 is 14.5 Å². The number of carbonyl (C=O) groups is 1. The minimum absolute atomic E-state index is 0.133. The fraction of sp³-hybridized carbons (Fsp3) is 0.700. The minimum atomic E-state index is -0.133. The lowest BCUT2D eigenvalue weighted by Gasteiger charge is -2.41. The molecule has 4 rings (SSSR count). The van der Waals surface area contributed by atoms with Crippen LogP contribution < -0.4 is 0 Å². The van der Waals surface area contributed by atoms with Gasteiger partial charge in [0.25, 0.3) is 0 Å². The Morgan fingerprint density at radius 2 is 2.12 bits per heavy atom. The molecule has 136 valence electrons. The lowest BCUT2D eigenvalue weighted by Crippen LogP contribution is -2.49. The molecule has 1 aromatic rings. The monoisotopic (exact) mass is 343 g/mol. The lowest BCUT2D eigenvalue weighted by atomic mass is 9.78. The van der Waals surface area contributed by atoms with Gasteiger partial charge in [0, 0.05) is 51.8 Å². The van der Waals surface area contributed by atoms with E-state index in [1.165, 1.54) is 12.8 Å². The van der Waals surface area contributed by atoms with Gasteiger partial charge in [0.1, 0.15) is 0 Å². The summed E-state index contributed by atoms with van der Waals surface area (Å²) >= 11 is 0. The van der Waals surface area contributed by atoms with E-state index in [-0.39, 0.29) is 5.41 Å². The Bertz CT molecular complexity index is 588. The number of likely N-dealkylation sites (tertiary alicyclic amines) is 2. The lowest BCUT2D eigenvalue weighted by molar-refractivity contribution is -0.139. The molecule has 3 fully saturated rings. The van der Waals surface area contributed by atoms with E-state index in [1.54, 1.807) is 6.20 Å². The molecule has 1 spiro atoms. The van der Waals surface area contributed by atoms with Crippen LogP contribution in [0.4, 0.5) is 0 Å². The van der Waals surface area contributed by atoms with Crippen molar-refractivity contribution >= 4 is 5.91 Å². The molecule has 0 aromatic carbocycles. The van der Waals surface area contributed by atoms with Crippen LogP contribution in [0.5, 0.6) is 0 Å². The van der Waals surface area contributed by atoms with Crippen LogP contribution in [0.3, 0.4) is 0 Å². The molecule has 0 bridgehead atoms. The van der Waals surface area contributed by atoms with E-state index < -0.39 is 0 Å². The van der Waals surface area contributed by atoms with Crippen molar-refractivity contribution in [1.29, 1.82) is 0 Å². The topological polar surface area (TPSA) is 45.7 Å². The van der Waals surface area contributed by atoms with Crippen molar-refractivity contribution in [3.8, 4) is 0 Å². The Morgan fingerprint density at radius 3 is 2.92 bits per heavy atom. The minimum Gasteiger partial charge on any atom is -0.381 e. The quantitative estimate of drug-likeness (QED) is 0.842. The van der Waals surface area contributed by atoms with Gasteiger partial charge in [-0.1, -0.05) is 6.07 Å². The molecule has 25 heavy (non-hydrogen) atoms. The predicted molar refractivity (Wildman–Crippen MR) is 95.9 cm³/mol. The number of aromatic nitrogens is 1. The largest absolute Gasteiger partial charge is 0.381 e. The van der Waals surface area contributed by atoms with E-state index in [2.05, 4.69) is 20.9 Å². The molecule has 3 aliphatic rings. The smallest absolute Gasteiger partial charge is 0.230 e. The predicted octanol–water partition coefficient (Wildman–Crippen LogP) is 2.32. The van der Waals surface area contributed by atoms with Gasteiger partial charge in [0.15, 0.2) is 0 Å². The summed E-state index contributed by atoms with van der Waals surface area (Å²) in [6, 6.07) is 4.01. The van der Waals surface area contributed by atoms with Crippen molar-refractivity contribution in [2.75, 3.05) is 39.4 Å². The standard InChI is InChI=1S/C20H29N3O2/c24-19-20(7-10-23(19)15-18-3-1-8-21-13-18)6-2-9-22(16-20)14-17-4-11-25-12-5-17/h1,3,8,13,17H,2,4-7,9-12,14-16H2/t20-/m0/s1. The maximum absolute atomic E-state index is 13.2. The van der Waals surface area contributed by atoms with Gasteiger partial charge in [-0.15, -0.1) is 0 Å². The third-order valence-corrected chi connectivity index (χ3v) is 6.21. The molecule has 0 aliphatic carbocycles. The van der Waals surface area contributed by atoms with Gasteiger partial charge in [-0.2, -0.15) is 0 Å². The summed E-state index contributed by atoms with van der Waals surface area (Å²) in [5.74, 6) is 1.11. The molecule has 3 saturated heterocycles. The number of hydrogen-bond acceptors (Lipinski definition) is 4. The molecule has 0 N–H and O–H groups in total. The number of amides is 1. The first-order valence-corrected chi connectivity index (χ1v) is 9.74. The van der Waals surface area contributed by atoms with E-state index in [4.69, 9.17) is 4.74 Å². The Hall–Kier alpha value is -1.46. The van der Waals surface area contributed by atoms with Crippen molar-refractivity contribution < 1.29 is 9.53 Å². The van der Waals surface area contributed by atoms with Crippen LogP contribution >= 0.6 is 0 Å². The van der Waals surface area contributed by atoms with Crippen molar-refractivity contribution in [3.05, 3.63) is 30.1 Å². The molecule has 5 nitrogen and oxygen atoms in total. The van der Waals surface area contributed by atoms with Gasteiger partial charge in [0.2, 0.25) is 5.91 Å². The molecule has 0 unspecified atom stereocenters. The van der Waals surface area contributed by atoms with Crippen LogP contribution in [-0.2, 0) is 16.1 Å². The van der Waals surface area contributed by atoms with Crippen molar-refractivity contribution in [1.82, 2.24) is 14.8 Å². The first-order chi connectivity index (χ1) is 12.3. The number of piperidine rings is 1. The number of carbonyl (C=O) groups excluding carboxylic acids is 1. The van der Waals surface area contributed by atoms with Gasteiger partial charge in [-0.25, -0.2) is 0 Å². The van der Waals surface area contributed by atoms with Crippen molar-refractivity contribution in [2.24, 2.45) is 11.3 Å². The number of pyridine rings is 1. The highest BCUT2D eigenvalue weighted by molar-refractivity contribution is 5.85. The molecule has 0 radical (unpaired) electrons. The summed E-state index contributed by atoms with van der Waals surface area (Å²) in [5, 5.41) is 0. The highest BCUT2D eigenvalue weighted by Gasteiger charge is 2.48. The maximum atomic E-state index is 13.2. The summed E-state index contributed by atoms with van der Waals surface area (Å²) in [5.41, 5.74) is 0.994. The van der Waals surface area contributed by atoms with Crippen LogP contribution in [0.15, 0.2) is 24.5 Å². The Morgan fingerprint density at radius 1 is 1.24 bits per heavy atom. The molecular weight excluding hydrogens is 314 g/mol. The number of nitrogens with zero attached hydrogens (tertiary/aromatic N) is 3. The molecule has 0 saturated carbocycles. The third kappa shape index (κ3) is 3.72. The first-order valence-electron chi connectivity index (χ1n) is 9.74. The van der Waals surface area contributed by atoms with Gasteiger partial charge in [-0.3, -0.25) is 9.78 Å². The second-order valence-corrected chi connectivity index (χ2v) is 8.01. The van der Waals surface area contributed by atoms with Gasteiger partial charge in [-0.05, 0) is 56.2 Å². The van der Waals surface area contributed by atoms with Crippen LogP contribution in [0.2, 0.25) is 0 Å². The normalized spacial score (nSPS) is 28.8. The second-order valence-electron chi connectivity index (χ2n) is 8.01. The van der Waals surface area contributed by atoms with Crippen LogP contribution in [0.1, 0.15) is 37.7 Å². The fourth-order valence-corrected chi connectivity index (χ4v) is 4.81. The SMILES string of the molecule is O=C1N(Cc2cccnc2)CC[C@]12CCCN(CC1CCOCC1)C2. The molecule has 4 heterocycles. The Labute approximate surface area is 150 Å². The van der Waals surface area contributed by atoms with Gasteiger partial charge in [0.05, 0.1) is 5.41 Å². The third-order valence-electron chi connectivity index (χ3n) is 6.21. The van der Waals surface area contributed by atoms with Crippen molar-refractivity contribution in [3.63, 3.8) is 0 Å². The Kier molecular flexibility index (Phi) is 5.04. The molecule has 1 atom stereocenters. The summed E-state index contributed by atoms with van der Waals surface area (Å²) in [6.45, 7) is 6.64. The van der Waals surface area contributed by atoms with Crippen LogP contribution in [0.25, 0.3) is 0 Å². The van der Waals surface area contributed by atoms with Crippen molar-refractivity contribution in [2.45, 2.75) is 38.6 Å². The zero-order chi connectivity index (χ0) is 17.1. The summed E-state index contributed by atoms with van der Waals surface area (Å²) in [6.07, 6.45) is 9.21. The molecule has 5 heteroatoms. The highest BCUT2D eigenvalue weighted by Crippen LogP contribution is 2.41. The zero-order valence-electron chi connectivity index (χ0n) is 15.0. The summed E-state index contributed by atoms with van der Waals surface area (Å²) in [7, 11) is 0. The molecule has 1 aromatic heterocycles. The highest BCUT2D eigenvalue weighted by atomic mass is 16.5. The van der Waals surface area contributed by atoms with E-state index in [9.17, 15) is 4.79 Å².